The maximum absolute atomic E-state index is 10.1. The molecule has 2 unspecified atom stereocenters. The molecule has 0 aliphatic heterocycles. The van der Waals surface area contributed by atoms with Gasteiger partial charge in [-0.05, 0) is 38.0 Å². The van der Waals surface area contributed by atoms with E-state index in [1.54, 1.807) is 0 Å². The first-order chi connectivity index (χ1) is 10.2. The maximum atomic E-state index is 10.1. The summed E-state index contributed by atoms with van der Waals surface area (Å²) in [6, 6.07) is 7.56. The lowest BCUT2D eigenvalue weighted by molar-refractivity contribution is -0.00652. The predicted molar refractivity (Wildman–Crippen MR) is 86.7 cm³/mol. The molecule has 1 rings (SSSR count). The van der Waals surface area contributed by atoms with Crippen molar-refractivity contribution in [2.75, 3.05) is 13.2 Å². The molecule has 0 fully saturated rings. The number of aliphatic hydroxyl groups excluding tert-OH is 1. The molecule has 0 aromatic heterocycles. The first kappa shape index (κ1) is 18.0. The van der Waals surface area contributed by atoms with Crippen molar-refractivity contribution in [2.24, 2.45) is 0 Å². The van der Waals surface area contributed by atoms with Crippen molar-refractivity contribution in [1.29, 1.82) is 0 Å². The number of rotatable bonds is 11. The van der Waals surface area contributed by atoms with Gasteiger partial charge in [0.2, 0.25) is 0 Å². The first-order valence-electron chi connectivity index (χ1n) is 8.19. The van der Waals surface area contributed by atoms with Crippen LogP contribution < -0.4 is 4.74 Å². The molecule has 3 heteroatoms. The van der Waals surface area contributed by atoms with Crippen molar-refractivity contribution in [3.63, 3.8) is 0 Å². The van der Waals surface area contributed by atoms with Crippen molar-refractivity contribution >= 4 is 0 Å². The summed E-state index contributed by atoms with van der Waals surface area (Å²) >= 11 is 0. The Bertz CT molecular complexity index is 361. The standard InChI is InChI=1S/C18H30O3/c1-4-6-7-8-9-15(3)21-14-18(19)16-10-12-17(13-11-16)20-5-2/h10-13,15,18-19H,4-9,14H2,1-3H3. The summed E-state index contributed by atoms with van der Waals surface area (Å²) in [5, 5.41) is 10.1. The van der Waals surface area contributed by atoms with Gasteiger partial charge in [0.1, 0.15) is 11.9 Å². The minimum Gasteiger partial charge on any atom is -0.494 e. The second-order valence-corrected chi connectivity index (χ2v) is 5.51. The van der Waals surface area contributed by atoms with Gasteiger partial charge < -0.3 is 14.6 Å². The Hall–Kier alpha value is -1.06. The van der Waals surface area contributed by atoms with Gasteiger partial charge in [0.25, 0.3) is 0 Å². The Balaban J connectivity index is 2.27. The molecule has 3 nitrogen and oxygen atoms in total. The van der Waals surface area contributed by atoms with E-state index in [2.05, 4.69) is 13.8 Å². The van der Waals surface area contributed by atoms with Crippen molar-refractivity contribution in [3.8, 4) is 5.75 Å². The molecule has 1 aromatic carbocycles. The van der Waals surface area contributed by atoms with E-state index in [4.69, 9.17) is 9.47 Å². The first-order valence-corrected chi connectivity index (χ1v) is 8.19. The van der Waals surface area contributed by atoms with Gasteiger partial charge in [-0.3, -0.25) is 0 Å². The minimum atomic E-state index is -0.571. The molecule has 0 saturated carbocycles. The smallest absolute Gasteiger partial charge is 0.119 e. The van der Waals surface area contributed by atoms with Gasteiger partial charge in [-0.25, -0.2) is 0 Å². The average Bonchev–Trinajstić information content (AvgIpc) is 2.50. The minimum absolute atomic E-state index is 0.208. The van der Waals surface area contributed by atoms with Gasteiger partial charge in [0.15, 0.2) is 0 Å². The third kappa shape index (κ3) is 7.49. The Morgan fingerprint density at radius 2 is 1.76 bits per heavy atom. The molecule has 0 saturated heterocycles. The molecule has 0 aliphatic rings. The van der Waals surface area contributed by atoms with Crippen LogP contribution in [0.1, 0.15) is 64.5 Å². The normalized spacial score (nSPS) is 13.9. The summed E-state index contributed by atoms with van der Waals surface area (Å²) in [4.78, 5) is 0. The quantitative estimate of drug-likeness (QED) is 0.611. The molecular formula is C18H30O3. The summed E-state index contributed by atoms with van der Waals surface area (Å²) in [7, 11) is 0. The number of ether oxygens (including phenoxy) is 2. The number of hydrogen-bond donors (Lipinski definition) is 1. The topological polar surface area (TPSA) is 38.7 Å². The van der Waals surface area contributed by atoms with Crippen LogP contribution in [0.4, 0.5) is 0 Å². The van der Waals surface area contributed by atoms with E-state index in [0.717, 1.165) is 17.7 Å². The van der Waals surface area contributed by atoms with Crippen LogP contribution in [0.5, 0.6) is 5.75 Å². The summed E-state index contributed by atoms with van der Waals surface area (Å²) < 4.78 is 11.1. The molecule has 0 heterocycles. The van der Waals surface area contributed by atoms with Crippen LogP contribution in [0.25, 0.3) is 0 Å². The highest BCUT2D eigenvalue weighted by Crippen LogP contribution is 2.19. The van der Waals surface area contributed by atoms with Crippen LogP contribution in [-0.2, 0) is 4.74 Å². The van der Waals surface area contributed by atoms with Crippen molar-refractivity contribution in [2.45, 2.75) is 65.1 Å². The van der Waals surface area contributed by atoms with Crippen LogP contribution in [0.3, 0.4) is 0 Å². The van der Waals surface area contributed by atoms with E-state index >= 15 is 0 Å². The zero-order valence-electron chi connectivity index (χ0n) is 13.7. The largest absolute Gasteiger partial charge is 0.494 e. The van der Waals surface area contributed by atoms with Gasteiger partial charge >= 0.3 is 0 Å². The molecule has 0 bridgehead atoms. The van der Waals surface area contributed by atoms with Gasteiger partial charge in [0.05, 0.1) is 19.3 Å². The zero-order chi connectivity index (χ0) is 15.5. The van der Waals surface area contributed by atoms with Crippen molar-refractivity contribution in [1.82, 2.24) is 0 Å². The third-order valence-electron chi connectivity index (χ3n) is 3.58. The van der Waals surface area contributed by atoms with E-state index in [-0.39, 0.29) is 6.10 Å². The van der Waals surface area contributed by atoms with E-state index in [9.17, 15) is 5.11 Å². The average molecular weight is 294 g/mol. The van der Waals surface area contributed by atoms with Gasteiger partial charge in [-0.2, -0.15) is 0 Å². The molecule has 1 N–H and O–H groups in total. The van der Waals surface area contributed by atoms with Gasteiger partial charge in [-0.15, -0.1) is 0 Å². The third-order valence-corrected chi connectivity index (χ3v) is 3.58. The molecule has 0 spiro atoms. The van der Waals surface area contributed by atoms with Crippen molar-refractivity contribution < 1.29 is 14.6 Å². The molecule has 0 aliphatic carbocycles. The number of hydrogen-bond acceptors (Lipinski definition) is 3. The fourth-order valence-corrected chi connectivity index (χ4v) is 2.25. The zero-order valence-corrected chi connectivity index (χ0v) is 13.7. The number of benzene rings is 1. The van der Waals surface area contributed by atoms with Crippen LogP contribution in [0.15, 0.2) is 24.3 Å². The van der Waals surface area contributed by atoms with E-state index in [0.29, 0.717) is 13.2 Å². The van der Waals surface area contributed by atoms with E-state index in [1.807, 2.05) is 31.2 Å². The van der Waals surface area contributed by atoms with Crippen LogP contribution in [-0.4, -0.2) is 24.4 Å². The molecule has 1 aromatic rings. The molecule has 2 atom stereocenters. The Kier molecular flexibility index (Phi) is 9.11. The predicted octanol–water partition coefficient (Wildman–Crippen LogP) is 4.49. The fraction of sp³-hybridized carbons (Fsp3) is 0.667. The highest BCUT2D eigenvalue weighted by Gasteiger charge is 2.10. The van der Waals surface area contributed by atoms with Crippen LogP contribution >= 0.6 is 0 Å². The Morgan fingerprint density at radius 3 is 2.38 bits per heavy atom. The van der Waals surface area contributed by atoms with Crippen molar-refractivity contribution in [3.05, 3.63) is 29.8 Å². The van der Waals surface area contributed by atoms with Crippen LogP contribution in [0.2, 0.25) is 0 Å². The van der Waals surface area contributed by atoms with Gasteiger partial charge in [0, 0.05) is 0 Å². The fourth-order valence-electron chi connectivity index (χ4n) is 2.25. The summed E-state index contributed by atoms with van der Waals surface area (Å²) in [5.74, 6) is 0.832. The lowest BCUT2D eigenvalue weighted by atomic mass is 10.1. The molecule has 0 radical (unpaired) electrons. The lowest BCUT2D eigenvalue weighted by Gasteiger charge is -2.17. The molecular weight excluding hydrogens is 264 g/mol. The SMILES string of the molecule is CCCCCCC(C)OCC(O)c1ccc(OCC)cc1. The van der Waals surface area contributed by atoms with E-state index < -0.39 is 6.10 Å². The van der Waals surface area contributed by atoms with Crippen LogP contribution in [0, 0.1) is 0 Å². The monoisotopic (exact) mass is 294 g/mol. The number of unbranched alkanes of at least 4 members (excludes halogenated alkanes) is 3. The summed E-state index contributed by atoms with van der Waals surface area (Å²) in [6.07, 6.45) is 5.72. The highest BCUT2D eigenvalue weighted by molar-refractivity contribution is 5.28. The lowest BCUT2D eigenvalue weighted by Crippen LogP contribution is -2.14. The number of aliphatic hydroxyl groups is 1. The molecule has 120 valence electrons. The summed E-state index contributed by atoms with van der Waals surface area (Å²) in [6.45, 7) is 7.26. The highest BCUT2D eigenvalue weighted by atomic mass is 16.5. The maximum Gasteiger partial charge on any atom is 0.119 e. The van der Waals surface area contributed by atoms with Gasteiger partial charge in [-0.1, -0.05) is 44.7 Å². The van der Waals surface area contributed by atoms with E-state index in [1.165, 1.54) is 25.7 Å². The summed E-state index contributed by atoms with van der Waals surface area (Å²) in [5.41, 5.74) is 0.872. The second kappa shape index (κ2) is 10.6. The molecule has 0 amide bonds. The second-order valence-electron chi connectivity index (χ2n) is 5.51. The Labute approximate surface area is 129 Å². The Morgan fingerprint density at radius 1 is 1.05 bits per heavy atom. The molecule has 21 heavy (non-hydrogen) atoms.